The number of ether oxygens (including phenoxy) is 1. The Hall–Kier alpha value is -2.69. The van der Waals surface area contributed by atoms with Gasteiger partial charge in [-0.05, 0) is 25.0 Å². The molecule has 0 unspecified atom stereocenters. The molecule has 2 aromatic heterocycles. The van der Waals surface area contributed by atoms with Gasteiger partial charge in [0.15, 0.2) is 5.78 Å². The van der Waals surface area contributed by atoms with E-state index in [4.69, 9.17) is 4.74 Å². The van der Waals surface area contributed by atoms with Crippen LogP contribution in [0.5, 0.6) is 5.75 Å². The number of ketones is 1. The summed E-state index contributed by atoms with van der Waals surface area (Å²) in [6.45, 7) is 0. The van der Waals surface area contributed by atoms with Gasteiger partial charge in [-0.15, -0.1) is 0 Å². The molecule has 0 saturated heterocycles. The molecule has 0 spiro atoms. The Kier molecular flexibility index (Phi) is 2.70. The van der Waals surface area contributed by atoms with E-state index >= 15 is 0 Å². The third-order valence-electron chi connectivity index (χ3n) is 3.49. The lowest BCUT2D eigenvalue weighted by Gasteiger charge is -2.06. The van der Waals surface area contributed by atoms with Crippen LogP contribution in [0.15, 0.2) is 49.1 Å². The predicted octanol–water partition coefficient (Wildman–Crippen LogP) is 2.50. The van der Waals surface area contributed by atoms with Gasteiger partial charge < -0.3 is 4.74 Å². The maximum Gasteiger partial charge on any atom is 0.197 e. The lowest BCUT2D eigenvalue weighted by Crippen LogP contribution is -2.03. The van der Waals surface area contributed by atoms with Gasteiger partial charge in [-0.25, -0.2) is 4.52 Å². The smallest absolute Gasteiger partial charge is 0.197 e. The van der Waals surface area contributed by atoms with Crippen LogP contribution in [0.1, 0.15) is 28.8 Å². The normalized spacial score (nSPS) is 14.3. The summed E-state index contributed by atoms with van der Waals surface area (Å²) in [5.41, 5.74) is 1.86. The van der Waals surface area contributed by atoms with Crippen LogP contribution in [0.3, 0.4) is 0 Å². The molecule has 0 atom stereocenters. The summed E-state index contributed by atoms with van der Waals surface area (Å²) in [6, 6.07) is 7.31. The Labute approximate surface area is 121 Å². The van der Waals surface area contributed by atoms with Gasteiger partial charge in [-0.3, -0.25) is 9.78 Å². The first kappa shape index (κ1) is 12.1. The van der Waals surface area contributed by atoms with Crippen LogP contribution in [0.25, 0.3) is 5.52 Å². The number of benzene rings is 1. The Morgan fingerprint density at radius 3 is 3.05 bits per heavy atom. The van der Waals surface area contributed by atoms with Crippen molar-refractivity contribution in [2.45, 2.75) is 18.9 Å². The molecule has 0 radical (unpaired) electrons. The van der Waals surface area contributed by atoms with Gasteiger partial charge in [0.2, 0.25) is 0 Å². The second-order valence-electron chi connectivity index (χ2n) is 5.14. The Morgan fingerprint density at radius 2 is 2.19 bits per heavy atom. The summed E-state index contributed by atoms with van der Waals surface area (Å²) in [7, 11) is 0. The molecule has 0 aliphatic heterocycles. The molecular formula is C16H13N3O2. The largest absolute Gasteiger partial charge is 0.490 e. The van der Waals surface area contributed by atoms with Gasteiger partial charge in [0.25, 0.3) is 0 Å². The van der Waals surface area contributed by atoms with Crippen molar-refractivity contribution in [3.05, 3.63) is 60.2 Å². The number of aromatic nitrogens is 3. The third-order valence-corrected chi connectivity index (χ3v) is 3.49. The van der Waals surface area contributed by atoms with Crippen LogP contribution in [-0.2, 0) is 0 Å². The topological polar surface area (TPSA) is 56.5 Å². The van der Waals surface area contributed by atoms with Gasteiger partial charge in [0.1, 0.15) is 5.75 Å². The zero-order chi connectivity index (χ0) is 14.2. The average Bonchev–Trinajstić information content (AvgIpc) is 3.23. The summed E-state index contributed by atoms with van der Waals surface area (Å²) in [4.78, 5) is 16.7. The van der Waals surface area contributed by atoms with Crippen molar-refractivity contribution in [2.75, 3.05) is 0 Å². The van der Waals surface area contributed by atoms with Crippen molar-refractivity contribution < 1.29 is 9.53 Å². The van der Waals surface area contributed by atoms with Crippen LogP contribution in [0, 0.1) is 0 Å². The molecule has 1 fully saturated rings. The van der Waals surface area contributed by atoms with Crippen molar-refractivity contribution in [3.63, 3.8) is 0 Å². The third kappa shape index (κ3) is 2.27. The summed E-state index contributed by atoms with van der Waals surface area (Å²) in [5, 5.41) is 4.17. The molecule has 5 nitrogen and oxygen atoms in total. The van der Waals surface area contributed by atoms with Crippen molar-refractivity contribution in [3.8, 4) is 5.75 Å². The van der Waals surface area contributed by atoms with E-state index in [2.05, 4.69) is 10.1 Å². The number of carbonyl (C=O) groups is 1. The Balaban J connectivity index is 1.70. The van der Waals surface area contributed by atoms with Gasteiger partial charge in [-0.2, -0.15) is 5.10 Å². The van der Waals surface area contributed by atoms with E-state index in [0.717, 1.165) is 18.6 Å². The molecule has 3 aromatic rings. The highest BCUT2D eigenvalue weighted by Gasteiger charge is 2.24. The van der Waals surface area contributed by atoms with E-state index in [1.54, 1.807) is 41.4 Å². The zero-order valence-electron chi connectivity index (χ0n) is 11.3. The minimum Gasteiger partial charge on any atom is -0.490 e. The predicted molar refractivity (Wildman–Crippen MR) is 76.5 cm³/mol. The van der Waals surface area contributed by atoms with Crippen molar-refractivity contribution in [1.29, 1.82) is 0 Å². The van der Waals surface area contributed by atoms with E-state index < -0.39 is 0 Å². The highest BCUT2D eigenvalue weighted by atomic mass is 16.5. The standard InChI is InChI=1S/C16H13N3O2/c20-16(14-9-18-19-7-6-17-10-15(14)19)11-2-1-3-13(8-11)21-12-4-5-12/h1-3,6-10,12H,4-5H2. The van der Waals surface area contributed by atoms with E-state index in [1.807, 2.05) is 12.1 Å². The monoisotopic (exact) mass is 279 g/mol. The Morgan fingerprint density at radius 1 is 1.29 bits per heavy atom. The quantitative estimate of drug-likeness (QED) is 0.688. The second kappa shape index (κ2) is 4.70. The average molecular weight is 279 g/mol. The molecule has 2 heterocycles. The number of hydrogen-bond acceptors (Lipinski definition) is 4. The van der Waals surface area contributed by atoms with E-state index in [9.17, 15) is 4.79 Å². The summed E-state index contributed by atoms with van der Waals surface area (Å²) in [6.07, 6.45) is 9.09. The zero-order valence-corrected chi connectivity index (χ0v) is 11.3. The molecule has 1 aliphatic carbocycles. The van der Waals surface area contributed by atoms with Crippen LogP contribution >= 0.6 is 0 Å². The number of rotatable bonds is 4. The van der Waals surface area contributed by atoms with Crippen molar-refractivity contribution in [1.82, 2.24) is 14.6 Å². The summed E-state index contributed by atoms with van der Waals surface area (Å²) in [5.74, 6) is 0.678. The fraction of sp³-hybridized carbons (Fsp3) is 0.188. The molecule has 1 aromatic carbocycles. The molecule has 1 saturated carbocycles. The Bertz CT molecular complexity index is 821. The summed E-state index contributed by atoms with van der Waals surface area (Å²) < 4.78 is 7.38. The number of fused-ring (bicyclic) bond motifs is 1. The van der Waals surface area contributed by atoms with E-state index in [1.165, 1.54) is 0 Å². The fourth-order valence-electron chi connectivity index (χ4n) is 2.25. The lowest BCUT2D eigenvalue weighted by molar-refractivity contribution is 0.103. The minimum atomic E-state index is -0.0701. The second-order valence-corrected chi connectivity index (χ2v) is 5.14. The van der Waals surface area contributed by atoms with Gasteiger partial charge >= 0.3 is 0 Å². The number of carbonyl (C=O) groups excluding carboxylic acids is 1. The van der Waals surface area contributed by atoms with Crippen LogP contribution in [-0.4, -0.2) is 26.5 Å². The van der Waals surface area contributed by atoms with Crippen LogP contribution in [0.4, 0.5) is 0 Å². The van der Waals surface area contributed by atoms with Crippen molar-refractivity contribution in [2.24, 2.45) is 0 Å². The first-order chi connectivity index (χ1) is 10.3. The van der Waals surface area contributed by atoms with Gasteiger partial charge in [-0.1, -0.05) is 12.1 Å². The maximum absolute atomic E-state index is 12.6. The highest BCUT2D eigenvalue weighted by Crippen LogP contribution is 2.27. The number of hydrogen-bond donors (Lipinski definition) is 0. The number of nitrogens with zero attached hydrogens (tertiary/aromatic N) is 3. The van der Waals surface area contributed by atoms with Crippen molar-refractivity contribution >= 4 is 11.3 Å². The molecule has 0 bridgehead atoms. The summed E-state index contributed by atoms with van der Waals surface area (Å²) >= 11 is 0. The van der Waals surface area contributed by atoms with Crippen LogP contribution < -0.4 is 4.74 Å². The highest BCUT2D eigenvalue weighted by molar-refractivity contribution is 6.13. The van der Waals surface area contributed by atoms with E-state index in [0.29, 0.717) is 22.7 Å². The molecule has 0 amide bonds. The first-order valence-electron chi connectivity index (χ1n) is 6.90. The SMILES string of the molecule is O=C(c1cccc(OC2CC2)c1)c1cnn2ccncc12. The molecular weight excluding hydrogens is 266 g/mol. The molecule has 4 rings (SSSR count). The first-order valence-corrected chi connectivity index (χ1v) is 6.90. The molecule has 104 valence electrons. The minimum absolute atomic E-state index is 0.0701. The van der Waals surface area contributed by atoms with Gasteiger partial charge in [0.05, 0.1) is 29.6 Å². The molecule has 5 heteroatoms. The fourth-order valence-corrected chi connectivity index (χ4v) is 2.25. The lowest BCUT2D eigenvalue weighted by atomic mass is 10.0. The van der Waals surface area contributed by atoms with Crippen LogP contribution in [0.2, 0.25) is 0 Å². The maximum atomic E-state index is 12.6. The molecule has 1 aliphatic rings. The molecule has 21 heavy (non-hydrogen) atoms. The molecule has 0 N–H and O–H groups in total. The van der Waals surface area contributed by atoms with Gasteiger partial charge in [0, 0.05) is 18.0 Å². The van der Waals surface area contributed by atoms with E-state index in [-0.39, 0.29) is 5.78 Å².